The van der Waals surface area contributed by atoms with Crippen LogP contribution in [0.1, 0.15) is 20.8 Å². The Morgan fingerprint density at radius 1 is 1.21 bits per heavy atom. The maximum Gasteiger partial charge on any atom is 0.216 e. The average molecular weight is 200 g/mol. The van der Waals surface area contributed by atoms with Gasteiger partial charge in [0.1, 0.15) is 23.8 Å². The average Bonchev–Trinajstić information content (AvgIpc) is 2.12. The molecule has 0 radical (unpaired) electrons. The maximum atomic E-state index is 5.56. The van der Waals surface area contributed by atoms with E-state index in [1.54, 1.807) is 7.05 Å². The van der Waals surface area contributed by atoms with Crippen LogP contribution in [0.5, 0.6) is 0 Å². The molecule has 0 atom stereocenters. The quantitative estimate of drug-likeness (QED) is 0.499. The van der Waals surface area contributed by atoms with Gasteiger partial charge in [-0.05, 0) is 13.8 Å². The van der Waals surface area contributed by atoms with Crippen LogP contribution in [0.4, 0.5) is 0 Å². The lowest BCUT2D eigenvalue weighted by Gasteiger charge is -2.39. The summed E-state index contributed by atoms with van der Waals surface area (Å²) >= 11 is 0. The zero-order chi connectivity index (χ0) is 10.7. The van der Waals surface area contributed by atoms with Crippen molar-refractivity contribution in [1.82, 2.24) is 4.91 Å². The van der Waals surface area contributed by atoms with E-state index >= 15 is 0 Å². The zero-order valence-electron chi connectivity index (χ0n) is 9.28. The van der Waals surface area contributed by atoms with E-state index < -0.39 is 5.79 Å². The van der Waals surface area contributed by atoms with Crippen LogP contribution in [0.3, 0.4) is 0 Å². The molecule has 1 fully saturated rings. The highest BCUT2D eigenvalue weighted by Crippen LogP contribution is 2.29. The number of nitrogens with zero attached hydrogens (tertiary/aromatic N) is 3. The Balaban J connectivity index is 2.49. The fourth-order valence-corrected chi connectivity index (χ4v) is 1.14. The Bertz CT molecular complexity index is 247. The fourth-order valence-electron chi connectivity index (χ4n) is 1.14. The van der Waals surface area contributed by atoms with E-state index in [0.717, 1.165) is 0 Å². The molecule has 0 aromatic rings. The van der Waals surface area contributed by atoms with Crippen LogP contribution in [-0.2, 0) is 9.47 Å². The van der Waals surface area contributed by atoms with Crippen LogP contribution in [0, 0.1) is 5.41 Å². The first-order valence-electron chi connectivity index (χ1n) is 4.71. The Hall–Kier alpha value is -0.770. The van der Waals surface area contributed by atoms with E-state index in [1.807, 2.05) is 13.8 Å². The number of hydrogen-bond acceptors (Lipinski definition) is 4. The van der Waals surface area contributed by atoms with Crippen LogP contribution in [0.15, 0.2) is 10.2 Å². The Kier molecular flexibility index (Phi) is 3.37. The highest BCUT2D eigenvalue weighted by molar-refractivity contribution is 4.80. The minimum Gasteiger partial charge on any atom is -0.350 e. The molecule has 1 aliphatic heterocycles. The van der Waals surface area contributed by atoms with Crippen molar-refractivity contribution in [3.8, 4) is 0 Å². The van der Waals surface area contributed by atoms with Gasteiger partial charge in [0.05, 0.1) is 13.2 Å². The maximum absolute atomic E-state index is 5.56. The van der Waals surface area contributed by atoms with Crippen molar-refractivity contribution in [3.63, 3.8) is 0 Å². The first-order chi connectivity index (χ1) is 6.47. The third-order valence-corrected chi connectivity index (χ3v) is 2.14. The lowest BCUT2D eigenvalue weighted by molar-refractivity contribution is -0.280. The van der Waals surface area contributed by atoms with Gasteiger partial charge < -0.3 is 9.47 Å². The van der Waals surface area contributed by atoms with Gasteiger partial charge in [-0.3, -0.25) is 0 Å². The van der Waals surface area contributed by atoms with Crippen LogP contribution >= 0.6 is 0 Å². The van der Waals surface area contributed by atoms with Gasteiger partial charge in [-0.15, -0.1) is 0 Å². The van der Waals surface area contributed by atoms with Crippen molar-refractivity contribution in [3.05, 3.63) is 0 Å². The van der Waals surface area contributed by atoms with Gasteiger partial charge in [0, 0.05) is 5.41 Å². The third kappa shape index (κ3) is 3.18. The Morgan fingerprint density at radius 3 is 2.29 bits per heavy atom. The number of rotatable bonds is 2. The molecule has 0 spiro atoms. The number of hydrogen-bond donors (Lipinski definition) is 0. The molecule has 0 aliphatic carbocycles. The minimum absolute atomic E-state index is 0.0797. The highest BCUT2D eigenvalue weighted by Gasteiger charge is 2.37. The summed E-state index contributed by atoms with van der Waals surface area (Å²) in [6, 6.07) is 0. The molecule has 0 unspecified atom stereocenters. The van der Waals surface area contributed by atoms with Crippen LogP contribution in [0.2, 0.25) is 0 Å². The summed E-state index contributed by atoms with van der Waals surface area (Å²) < 4.78 is 11.1. The number of ether oxygens (including phenoxy) is 2. The minimum atomic E-state index is -0.466. The summed E-state index contributed by atoms with van der Waals surface area (Å²) in [5, 5.41) is 7.49. The predicted octanol–water partition coefficient (Wildman–Crippen LogP) is 1.38. The van der Waals surface area contributed by atoms with E-state index in [1.165, 1.54) is 0 Å². The summed E-state index contributed by atoms with van der Waals surface area (Å²) in [6.45, 7) is 7.76. The second-order valence-electron chi connectivity index (χ2n) is 4.38. The van der Waals surface area contributed by atoms with Gasteiger partial charge in [-0.1, -0.05) is 6.92 Å². The van der Waals surface area contributed by atoms with Crippen LogP contribution in [0.25, 0.3) is 0 Å². The predicted molar refractivity (Wildman–Crippen MR) is 51.9 cm³/mol. The van der Waals surface area contributed by atoms with Crippen molar-refractivity contribution in [2.24, 2.45) is 15.6 Å². The Labute approximate surface area is 84.2 Å². The molecule has 80 valence electrons. The SMILES string of the molecule is CN=[N+]=NCC1(C)COC(C)(C)OC1. The molecular formula is C9H18N3O2+. The summed E-state index contributed by atoms with van der Waals surface area (Å²) in [7, 11) is 1.60. The van der Waals surface area contributed by atoms with Crippen molar-refractivity contribution in [2.45, 2.75) is 26.6 Å². The van der Waals surface area contributed by atoms with Gasteiger partial charge in [0.25, 0.3) is 0 Å². The van der Waals surface area contributed by atoms with Gasteiger partial charge in [-0.25, -0.2) is 0 Å². The van der Waals surface area contributed by atoms with Gasteiger partial charge in [0.15, 0.2) is 5.79 Å². The van der Waals surface area contributed by atoms with E-state index in [4.69, 9.17) is 9.47 Å². The molecule has 0 amide bonds. The molecule has 0 saturated carbocycles. The monoisotopic (exact) mass is 200 g/mol. The molecule has 5 heteroatoms. The molecule has 1 rings (SSSR count). The third-order valence-electron chi connectivity index (χ3n) is 2.14. The standard InChI is InChI=1S/C9H18N3O2/c1-8(2)13-6-9(3,7-14-8)5-11-12-10-4/h5-7H2,1-4H3/q+1. The summed E-state index contributed by atoms with van der Waals surface area (Å²) in [5.74, 6) is -0.466. The topological polar surface area (TPSA) is 57.3 Å². The molecule has 1 aliphatic rings. The lowest BCUT2D eigenvalue weighted by Crippen LogP contribution is -2.46. The summed E-state index contributed by atoms with van der Waals surface area (Å²) in [4.78, 5) is 3.59. The second-order valence-corrected chi connectivity index (χ2v) is 4.38. The van der Waals surface area contributed by atoms with E-state index in [2.05, 4.69) is 22.1 Å². The molecule has 1 heterocycles. The van der Waals surface area contributed by atoms with E-state index in [0.29, 0.717) is 19.8 Å². The van der Waals surface area contributed by atoms with Crippen molar-refractivity contribution < 1.29 is 9.47 Å². The summed E-state index contributed by atoms with van der Waals surface area (Å²) in [6.07, 6.45) is 0. The molecule has 0 N–H and O–H groups in total. The van der Waals surface area contributed by atoms with Crippen LogP contribution < -0.4 is 4.91 Å². The molecule has 1 saturated heterocycles. The smallest absolute Gasteiger partial charge is 0.216 e. The molecular weight excluding hydrogens is 182 g/mol. The van der Waals surface area contributed by atoms with Gasteiger partial charge >= 0.3 is 0 Å². The van der Waals surface area contributed by atoms with Gasteiger partial charge in [0.2, 0.25) is 4.91 Å². The zero-order valence-corrected chi connectivity index (χ0v) is 9.28. The van der Waals surface area contributed by atoms with E-state index in [-0.39, 0.29) is 5.41 Å². The largest absolute Gasteiger partial charge is 0.350 e. The Morgan fingerprint density at radius 2 is 1.79 bits per heavy atom. The molecule has 14 heavy (non-hydrogen) atoms. The normalized spacial score (nSPS) is 23.7. The highest BCUT2D eigenvalue weighted by atomic mass is 16.7. The molecule has 0 bridgehead atoms. The van der Waals surface area contributed by atoms with Gasteiger partial charge in [-0.2, -0.15) is 0 Å². The van der Waals surface area contributed by atoms with Crippen molar-refractivity contribution in [1.29, 1.82) is 0 Å². The lowest BCUT2D eigenvalue weighted by atomic mass is 9.92. The fraction of sp³-hybridized carbons (Fsp3) is 1.00. The van der Waals surface area contributed by atoms with E-state index in [9.17, 15) is 0 Å². The molecule has 5 nitrogen and oxygen atoms in total. The van der Waals surface area contributed by atoms with Crippen molar-refractivity contribution >= 4 is 0 Å². The summed E-state index contributed by atoms with van der Waals surface area (Å²) in [5.41, 5.74) is -0.0797. The molecule has 0 aromatic carbocycles. The first-order valence-corrected chi connectivity index (χ1v) is 4.71. The first kappa shape index (κ1) is 11.3. The van der Waals surface area contributed by atoms with Crippen molar-refractivity contribution in [2.75, 3.05) is 26.8 Å². The van der Waals surface area contributed by atoms with Crippen LogP contribution in [-0.4, -0.2) is 32.6 Å². The second kappa shape index (κ2) is 4.17. The molecule has 0 aromatic heterocycles.